The van der Waals surface area contributed by atoms with E-state index in [1.165, 1.54) is 12.1 Å². The van der Waals surface area contributed by atoms with E-state index in [1.807, 2.05) is 26.8 Å². The Balaban J connectivity index is 2.93. The van der Waals surface area contributed by atoms with E-state index in [2.05, 4.69) is 11.6 Å². The van der Waals surface area contributed by atoms with Gasteiger partial charge in [-0.05, 0) is 33.8 Å². The van der Waals surface area contributed by atoms with Crippen molar-refractivity contribution in [2.45, 2.75) is 45.6 Å². The number of nitrogens with zero attached hydrogens (tertiary/aromatic N) is 3. The molecule has 3 nitrogen and oxygen atoms in total. The maximum absolute atomic E-state index is 14.5. The van der Waals surface area contributed by atoms with Crippen molar-refractivity contribution in [1.82, 2.24) is 9.55 Å². The molecule has 0 aromatic carbocycles. The summed E-state index contributed by atoms with van der Waals surface area (Å²) in [6.45, 7) is 10.9. The van der Waals surface area contributed by atoms with E-state index >= 15 is 0 Å². The number of alkyl halides is 2. The fourth-order valence-electron chi connectivity index (χ4n) is 2.53. The van der Waals surface area contributed by atoms with Crippen LogP contribution < -0.4 is 0 Å². The van der Waals surface area contributed by atoms with Gasteiger partial charge in [-0.1, -0.05) is 6.08 Å². The fraction of sp³-hybridized carbons (Fsp3) is 0.412. The summed E-state index contributed by atoms with van der Waals surface area (Å²) >= 11 is 0. The normalized spacial score (nSPS) is 12.4. The molecule has 5 heteroatoms. The average molecular weight is 303 g/mol. The van der Waals surface area contributed by atoms with Crippen LogP contribution in [0.2, 0.25) is 0 Å². The summed E-state index contributed by atoms with van der Waals surface area (Å²) < 4.78 is 30.7. The lowest BCUT2D eigenvalue weighted by molar-refractivity contribution is 0.000596. The van der Waals surface area contributed by atoms with Gasteiger partial charge in [0.25, 0.3) is 5.92 Å². The molecule has 2 aromatic heterocycles. The summed E-state index contributed by atoms with van der Waals surface area (Å²) in [6, 6.07) is 3.38. The monoisotopic (exact) mass is 303 g/mol. The first-order valence-electron chi connectivity index (χ1n) is 7.04. The van der Waals surface area contributed by atoms with Crippen LogP contribution in [-0.2, 0) is 11.5 Å². The molecular weight excluding hydrogens is 284 g/mol. The molecule has 0 N–H and O–H groups in total. The van der Waals surface area contributed by atoms with Gasteiger partial charge in [0.05, 0.1) is 5.56 Å². The van der Waals surface area contributed by atoms with Crippen molar-refractivity contribution in [3.63, 3.8) is 0 Å². The summed E-state index contributed by atoms with van der Waals surface area (Å²) in [7, 11) is 0. The zero-order valence-electron chi connectivity index (χ0n) is 13.2. The third-order valence-electron chi connectivity index (χ3n) is 3.52. The summed E-state index contributed by atoms with van der Waals surface area (Å²) in [5, 5.41) is 9.58. The second-order valence-electron chi connectivity index (χ2n) is 6.40. The molecule has 0 aliphatic heterocycles. The Kier molecular flexibility index (Phi) is 3.82. The lowest BCUT2D eigenvalue weighted by Gasteiger charge is -2.23. The zero-order chi connectivity index (χ0) is 16.7. The van der Waals surface area contributed by atoms with E-state index in [9.17, 15) is 14.0 Å². The molecule has 0 radical (unpaired) electrons. The molecule has 0 unspecified atom stereocenters. The molecule has 0 atom stereocenters. The molecule has 0 spiro atoms. The summed E-state index contributed by atoms with van der Waals surface area (Å²) in [6.07, 6.45) is 2.32. The number of allylic oxidation sites excluding steroid dienone is 1. The van der Waals surface area contributed by atoms with E-state index in [4.69, 9.17) is 0 Å². The van der Waals surface area contributed by atoms with Crippen LogP contribution in [0, 0.1) is 18.3 Å². The van der Waals surface area contributed by atoms with Gasteiger partial charge in [0, 0.05) is 34.8 Å². The first-order chi connectivity index (χ1) is 10.1. The SMILES string of the molecule is C=CCC(F)(F)c1cc(C)nc2c1c(C#N)cn2C(C)(C)C. The minimum absolute atomic E-state index is 0.158. The van der Waals surface area contributed by atoms with Crippen molar-refractivity contribution >= 4 is 11.0 Å². The van der Waals surface area contributed by atoms with Crippen molar-refractivity contribution < 1.29 is 8.78 Å². The first-order valence-corrected chi connectivity index (χ1v) is 7.04. The number of halogens is 2. The summed E-state index contributed by atoms with van der Waals surface area (Å²) in [4.78, 5) is 4.40. The number of aromatic nitrogens is 2. The fourth-order valence-corrected chi connectivity index (χ4v) is 2.53. The van der Waals surface area contributed by atoms with Crippen LogP contribution in [0.4, 0.5) is 8.78 Å². The van der Waals surface area contributed by atoms with Crippen molar-refractivity contribution in [3.05, 3.63) is 41.7 Å². The smallest absolute Gasteiger partial charge is 0.277 e. The maximum atomic E-state index is 14.5. The van der Waals surface area contributed by atoms with Crippen LogP contribution in [0.3, 0.4) is 0 Å². The molecule has 22 heavy (non-hydrogen) atoms. The first kappa shape index (κ1) is 16.2. The lowest BCUT2D eigenvalue weighted by Crippen LogP contribution is -2.21. The molecule has 0 fully saturated rings. The molecule has 0 aliphatic rings. The number of hydrogen-bond donors (Lipinski definition) is 0. The molecule has 0 amide bonds. The molecule has 0 bridgehead atoms. The van der Waals surface area contributed by atoms with Crippen LogP contribution in [0.25, 0.3) is 11.0 Å². The highest BCUT2D eigenvalue weighted by molar-refractivity contribution is 5.88. The average Bonchev–Trinajstić information content (AvgIpc) is 2.75. The van der Waals surface area contributed by atoms with Crippen molar-refractivity contribution in [1.29, 1.82) is 5.26 Å². The minimum atomic E-state index is -3.08. The predicted octanol–water partition coefficient (Wildman–Crippen LogP) is 4.64. The molecule has 0 saturated carbocycles. The van der Waals surface area contributed by atoms with Gasteiger partial charge in [0.2, 0.25) is 0 Å². The second-order valence-corrected chi connectivity index (χ2v) is 6.40. The standard InChI is InChI=1S/C17H19F2N3/c1-6-7-17(18,19)13-8-11(2)21-15-14(13)12(9-20)10-22(15)16(3,4)5/h6,8,10H,1,7H2,2-5H3. The van der Waals surface area contributed by atoms with Gasteiger partial charge in [-0.15, -0.1) is 6.58 Å². The van der Waals surface area contributed by atoms with Crippen molar-refractivity contribution in [2.24, 2.45) is 0 Å². The van der Waals surface area contributed by atoms with Crippen LogP contribution in [-0.4, -0.2) is 9.55 Å². The quantitative estimate of drug-likeness (QED) is 0.775. The van der Waals surface area contributed by atoms with Crippen LogP contribution in [0.1, 0.15) is 44.0 Å². The Morgan fingerprint density at radius 1 is 1.41 bits per heavy atom. The predicted molar refractivity (Wildman–Crippen MR) is 82.9 cm³/mol. The minimum Gasteiger partial charge on any atom is -0.326 e. The third-order valence-corrected chi connectivity index (χ3v) is 3.52. The number of hydrogen-bond acceptors (Lipinski definition) is 2. The zero-order valence-corrected chi connectivity index (χ0v) is 13.2. The van der Waals surface area contributed by atoms with E-state index in [-0.39, 0.29) is 22.1 Å². The van der Waals surface area contributed by atoms with Gasteiger partial charge in [-0.3, -0.25) is 0 Å². The number of pyridine rings is 1. The van der Waals surface area contributed by atoms with Gasteiger partial charge >= 0.3 is 0 Å². The summed E-state index contributed by atoms with van der Waals surface area (Å²) in [5.74, 6) is -3.08. The number of rotatable bonds is 3. The van der Waals surface area contributed by atoms with Gasteiger partial charge in [0.15, 0.2) is 0 Å². The van der Waals surface area contributed by atoms with Crippen LogP contribution in [0.5, 0.6) is 0 Å². The third kappa shape index (κ3) is 2.61. The number of fused-ring (bicyclic) bond motifs is 1. The lowest BCUT2D eigenvalue weighted by atomic mass is 10.00. The highest BCUT2D eigenvalue weighted by atomic mass is 19.3. The highest BCUT2D eigenvalue weighted by Crippen LogP contribution is 2.39. The molecule has 0 saturated heterocycles. The Bertz CT molecular complexity index is 774. The van der Waals surface area contributed by atoms with Crippen molar-refractivity contribution in [3.8, 4) is 6.07 Å². The van der Waals surface area contributed by atoms with Crippen molar-refractivity contribution in [2.75, 3.05) is 0 Å². The Hall–Kier alpha value is -2.22. The Morgan fingerprint density at radius 3 is 2.55 bits per heavy atom. The van der Waals surface area contributed by atoms with Gasteiger partial charge in [-0.2, -0.15) is 5.26 Å². The molecule has 2 rings (SSSR count). The molecule has 0 aliphatic carbocycles. The van der Waals surface area contributed by atoms with E-state index in [0.717, 1.165) is 0 Å². The number of nitriles is 1. The molecule has 2 heterocycles. The second kappa shape index (κ2) is 5.20. The maximum Gasteiger partial charge on any atom is 0.277 e. The Labute approximate surface area is 128 Å². The topological polar surface area (TPSA) is 41.6 Å². The van der Waals surface area contributed by atoms with Gasteiger partial charge in [-0.25, -0.2) is 13.8 Å². The van der Waals surface area contributed by atoms with Gasteiger partial charge < -0.3 is 4.57 Å². The highest BCUT2D eigenvalue weighted by Gasteiger charge is 2.35. The summed E-state index contributed by atoms with van der Waals surface area (Å²) in [5.41, 5.74) is 0.617. The van der Waals surface area contributed by atoms with Crippen LogP contribution >= 0.6 is 0 Å². The van der Waals surface area contributed by atoms with E-state index in [1.54, 1.807) is 17.7 Å². The number of aryl methyl sites for hydroxylation is 1. The van der Waals surface area contributed by atoms with E-state index in [0.29, 0.717) is 11.3 Å². The van der Waals surface area contributed by atoms with Gasteiger partial charge in [0.1, 0.15) is 11.7 Å². The van der Waals surface area contributed by atoms with E-state index < -0.39 is 12.3 Å². The molecule has 116 valence electrons. The molecule has 2 aromatic rings. The Morgan fingerprint density at radius 2 is 2.05 bits per heavy atom. The molecular formula is C17H19F2N3. The van der Waals surface area contributed by atoms with Crippen LogP contribution in [0.15, 0.2) is 24.9 Å². The largest absolute Gasteiger partial charge is 0.326 e.